The van der Waals surface area contributed by atoms with E-state index in [2.05, 4.69) is 9.88 Å². The van der Waals surface area contributed by atoms with Crippen LogP contribution in [0.3, 0.4) is 0 Å². The number of hydrogen-bond donors (Lipinski definition) is 1. The van der Waals surface area contributed by atoms with Crippen LogP contribution in [0.4, 0.5) is 5.69 Å². The SMILES string of the molecule is Cc1cc(-c2ccc(S(=O)(=O)Nc3cccc(Cl)c3)c(C)c2)on1. The van der Waals surface area contributed by atoms with E-state index < -0.39 is 10.0 Å². The quantitative estimate of drug-likeness (QED) is 0.746. The maximum absolute atomic E-state index is 12.6. The number of hydrogen-bond acceptors (Lipinski definition) is 4. The van der Waals surface area contributed by atoms with Gasteiger partial charge < -0.3 is 4.52 Å². The molecular formula is C17H15ClN2O3S. The predicted octanol–water partition coefficient (Wildman–Crippen LogP) is 4.41. The van der Waals surface area contributed by atoms with E-state index in [1.54, 1.807) is 55.5 Å². The van der Waals surface area contributed by atoms with Gasteiger partial charge in [0.15, 0.2) is 5.76 Å². The van der Waals surface area contributed by atoms with Crippen LogP contribution in [0.25, 0.3) is 11.3 Å². The minimum absolute atomic E-state index is 0.197. The first-order chi connectivity index (χ1) is 11.3. The van der Waals surface area contributed by atoms with Gasteiger partial charge in [-0.1, -0.05) is 22.8 Å². The van der Waals surface area contributed by atoms with Gasteiger partial charge in [0.05, 0.1) is 16.3 Å². The second kappa shape index (κ2) is 6.30. The van der Waals surface area contributed by atoms with Gasteiger partial charge in [-0.25, -0.2) is 8.42 Å². The fourth-order valence-electron chi connectivity index (χ4n) is 2.37. The van der Waals surface area contributed by atoms with Crippen molar-refractivity contribution in [2.24, 2.45) is 0 Å². The molecule has 5 nitrogen and oxygen atoms in total. The molecule has 24 heavy (non-hydrogen) atoms. The zero-order chi connectivity index (χ0) is 17.3. The van der Waals surface area contributed by atoms with E-state index in [9.17, 15) is 8.42 Å². The summed E-state index contributed by atoms with van der Waals surface area (Å²) in [6.07, 6.45) is 0. The Morgan fingerprint density at radius 3 is 2.50 bits per heavy atom. The zero-order valence-corrected chi connectivity index (χ0v) is 14.6. The molecule has 0 radical (unpaired) electrons. The van der Waals surface area contributed by atoms with Crippen molar-refractivity contribution in [1.82, 2.24) is 5.16 Å². The molecule has 0 aliphatic rings. The lowest BCUT2D eigenvalue weighted by Gasteiger charge is -2.11. The fourth-order valence-corrected chi connectivity index (χ4v) is 3.83. The molecule has 124 valence electrons. The average molecular weight is 363 g/mol. The van der Waals surface area contributed by atoms with Crippen LogP contribution in [0.15, 0.2) is 57.9 Å². The normalized spacial score (nSPS) is 11.5. The fraction of sp³-hybridized carbons (Fsp3) is 0.118. The Morgan fingerprint density at radius 2 is 1.88 bits per heavy atom. The number of nitrogens with one attached hydrogen (secondary N) is 1. The minimum atomic E-state index is -3.71. The average Bonchev–Trinajstić information content (AvgIpc) is 2.93. The molecule has 0 saturated carbocycles. The van der Waals surface area contributed by atoms with Gasteiger partial charge >= 0.3 is 0 Å². The zero-order valence-electron chi connectivity index (χ0n) is 13.1. The van der Waals surface area contributed by atoms with Crippen LogP contribution in [-0.4, -0.2) is 13.6 Å². The molecule has 7 heteroatoms. The van der Waals surface area contributed by atoms with Crippen molar-refractivity contribution in [3.63, 3.8) is 0 Å². The summed E-state index contributed by atoms with van der Waals surface area (Å²) in [5.41, 5.74) is 2.56. The predicted molar refractivity (Wildman–Crippen MR) is 93.7 cm³/mol. The van der Waals surface area contributed by atoms with E-state index in [4.69, 9.17) is 16.1 Å². The van der Waals surface area contributed by atoms with Crippen LogP contribution < -0.4 is 4.72 Å². The molecule has 0 saturated heterocycles. The molecule has 1 N–H and O–H groups in total. The number of aryl methyl sites for hydroxylation is 2. The van der Waals surface area contributed by atoms with Gasteiger partial charge in [0.1, 0.15) is 0 Å². The highest BCUT2D eigenvalue weighted by Crippen LogP contribution is 2.27. The summed E-state index contributed by atoms with van der Waals surface area (Å²) in [5.74, 6) is 0.599. The largest absolute Gasteiger partial charge is 0.356 e. The Labute approximate surface area is 145 Å². The molecule has 1 aromatic heterocycles. The van der Waals surface area contributed by atoms with Crippen molar-refractivity contribution in [3.8, 4) is 11.3 Å². The number of rotatable bonds is 4. The third kappa shape index (κ3) is 3.44. The van der Waals surface area contributed by atoms with E-state index in [0.717, 1.165) is 11.3 Å². The number of nitrogens with zero attached hydrogens (tertiary/aromatic N) is 1. The number of sulfonamides is 1. The molecule has 0 unspecified atom stereocenters. The van der Waals surface area contributed by atoms with Crippen molar-refractivity contribution in [1.29, 1.82) is 0 Å². The van der Waals surface area contributed by atoms with E-state index in [1.807, 2.05) is 6.92 Å². The maximum atomic E-state index is 12.6. The molecule has 2 aromatic carbocycles. The summed E-state index contributed by atoms with van der Waals surface area (Å²) >= 11 is 5.89. The number of anilines is 1. The lowest BCUT2D eigenvalue weighted by atomic mass is 10.1. The highest BCUT2D eigenvalue weighted by atomic mass is 35.5. The summed E-state index contributed by atoms with van der Waals surface area (Å²) in [6.45, 7) is 3.56. The molecule has 0 spiro atoms. The number of benzene rings is 2. The van der Waals surface area contributed by atoms with Gasteiger partial charge in [0.2, 0.25) is 0 Å². The molecule has 0 aliphatic carbocycles. The molecule has 3 rings (SSSR count). The minimum Gasteiger partial charge on any atom is -0.356 e. The van der Waals surface area contributed by atoms with E-state index in [1.165, 1.54) is 0 Å². The van der Waals surface area contributed by atoms with Gasteiger partial charge in [0.25, 0.3) is 10.0 Å². The summed E-state index contributed by atoms with van der Waals surface area (Å²) < 4.78 is 32.9. The highest BCUT2D eigenvalue weighted by molar-refractivity contribution is 7.92. The third-order valence-electron chi connectivity index (χ3n) is 3.45. The second-order valence-electron chi connectivity index (χ2n) is 5.43. The van der Waals surface area contributed by atoms with E-state index in [0.29, 0.717) is 22.0 Å². The molecule has 0 amide bonds. The van der Waals surface area contributed by atoms with Crippen molar-refractivity contribution < 1.29 is 12.9 Å². The molecule has 0 aliphatic heterocycles. The van der Waals surface area contributed by atoms with Gasteiger partial charge in [-0.05, 0) is 55.8 Å². The Kier molecular flexibility index (Phi) is 4.34. The molecule has 0 atom stereocenters. The molecular weight excluding hydrogens is 348 g/mol. The first kappa shape index (κ1) is 16.5. The first-order valence-electron chi connectivity index (χ1n) is 7.18. The third-order valence-corrected chi connectivity index (χ3v) is 5.23. The van der Waals surface area contributed by atoms with Crippen LogP contribution in [0, 0.1) is 13.8 Å². The van der Waals surface area contributed by atoms with Crippen molar-refractivity contribution >= 4 is 27.3 Å². The summed E-state index contributed by atoms with van der Waals surface area (Å²) in [4.78, 5) is 0.197. The van der Waals surface area contributed by atoms with Crippen molar-refractivity contribution in [2.45, 2.75) is 18.7 Å². The second-order valence-corrected chi connectivity index (χ2v) is 7.52. The Bertz CT molecular complexity index is 997. The van der Waals surface area contributed by atoms with Gasteiger partial charge in [0, 0.05) is 16.7 Å². The summed E-state index contributed by atoms with van der Waals surface area (Å²) in [6, 6.07) is 13.4. The number of halogens is 1. The van der Waals surface area contributed by atoms with Crippen LogP contribution in [0.1, 0.15) is 11.3 Å². The van der Waals surface area contributed by atoms with Gasteiger partial charge in [-0.2, -0.15) is 0 Å². The first-order valence-corrected chi connectivity index (χ1v) is 9.04. The van der Waals surface area contributed by atoms with Crippen LogP contribution in [-0.2, 0) is 10.0 Å². The smallest absolute Gasteiger partial charge is 0.262 e. The Balaban J connectivity index is 1.93. The van der Waals surface area contributed by atoms with Gasteiger partial charge in [-0.15, -0.1) is 0 Å². The highest BCUT2D eigenvalue weighted by Gasteiger charge is 2.18. The van der Waals surface area contributed by atoms with Crippen LogP contribution in [0.5, 0.6) is 0 Å². The maximum Gasteiger partial charge on any atom is 0.262 e. The molecule has 0 fully saturated rings. The molecule has 1 heterocycles. The standard InChI is InChI=1S/C17H15ClN2O3S/c1-11-8-13(16-9-12(2)19-23-16)6-7-17(11)24(21,22)20-15-5-3-4-14(18)10-15/h3-10,20H,1-2H3. The van der Waals surface area contributed by atoms with Crippen molar-refractivity contribution in [2.75, 3.05) is 4.72 Å². The summed E-state index contributed by atoms with van der Waals surface area (Å²) in [7, 11) is -3.71. The van der Waals surface area contributed by atoms with Crippen LogP contribution in [0.2, 0.25) is 5.02 Å². The topological polar surface area (TPSA) is 72.2 Å². The van der Waals surface area contributed by atoms with Gasteiger partial charge in [-0.3, -0.25) is 4.72 Å². The molecule has 0 bridgehead atoms. The Morgan fingerprint density at radius 1 is 1.08 bits per heavy atom. The monoisotopic (exact) mass is 362 g/mol. The lowest BCUT2D eigenvalue weighted by molar-refractivity contribution is 0.427. The lowest BCUT2D eigenvalue weighted by Crippen LogP contribution is -2.14. The summed E-state index contributed by atoms with van der Waals surface area (Å²) in [5, 5.41) is 4.30. The van der Waals surface area contributed by atoms with Crippen molar-refractivity contribution in [3.05, 3.63) is 64.8 Å². The Hall–Kier alpha value is -2.31. The molecule has 3 aromatic rings. The number of aromatic nitrogens is 1. The van der Waals surface area contributed by atoms with E-state index >= 15 is 0 Å². The van der Waals surface area contributed by atoms with E-state index in [-0.39, 0.29) is 4.90 Å². The van der Waals surface area contributed by atoms with Crippen LogP contribution >= 0.6 is 11.6 Å².